The number of aromatic nitrogens is 1. The minimum atomic E-state index is 0.642. The van der Waals surface area contributed by atoms with Crippen molar-refractivity contribution in [2.45, 2.75) is 17.9 Å². The number of guanidine groups is 1. The van der Waals surface area contributed by atoms with E-state index in [0.717, 1.165) is 30.5 Å². The van der Waals surface area contributed by atoms with E-state index in [1.807, 2.05) is 24.9 Å². The molecule has 6 heteroatoms. The van der Waals surface area contributed by atoms with Crippen LogP contribution in [0.15, 0.2) is 57.1 Å². The van der Waals surface area contributed by atoms with E-state index in [2.05, 4.69) is 50.7 Å². The molecule has 1 aromatic heterocycles. The van der Waals surface area contributed by atoms with Crippen molar-refractivity contribution < 1.29 is 4.52 Å². The smallest absolute Gasteiger partial charge is 0.193 e. The first-order valence-corrected chi connectivity index (χ1v) is 8.86. The molecule has 1 N–H and O–H groups in total. The fourth-order valence-corrected chi connectivity index (χ4v) is 3.77. The van der Waals surface area contributed by atoms with E-state index >= 15 is 0 Å². The van der Waals surface area contributed by atoms with Gasteiger partial charge in [0.15, 0.2) is 5.96 Å². The molecular weight excluding hydrogens is 308 g/mol. The molecule has 1 aromatic carbocycles. The summed E-state index contributed by atoms with van der Waals surface area (Å²) in [4.78, 5) is 8.06. The van der Waals surface area contributed by atoms with Crippen LogP contribution >= 0.6 is 11.8 Å². The number of rotatable bonds is 5. The molecule has 1 unspecified atom stereocenters. The number of aliphatic imine (C=N–C) groups is 1. The van der Waals surface area contributed by atoms with Gasteiger partial charge in [-0.15, -0.1) is 11.8 Å². The second kappa shape index (κ2) is 8.06. The lowest BCUT2D eigenvalue weighted by Gasteiger charge is -2.21. The Morgan fingerprint density at radius 3 is 3.00 bits per heavy atom. The number of hydrogen-bond acceptors (Lipinski definition) is 4. The molecule has 0 bridgehead atoms. The minimum Gasteiger partial charge on any atom is -0.364 e. The molecule has 0 radical (unpaired) electrons. The Kier molecular flexibility index (Phi) is 5.58. The van der Waals surface area contributed by atoms with E-state index < -0.39 is 0 Å². The Bertz CT molecular complexity index is 615. The molecule has 23 heavy (non-hydrogen) atoms. The molecule has 0 amide bonds. The summed E-state index contributed by atoms with van der Waals surface area (Å²) in [5.74, 6) is 2.80. The molecule has 1 saturated heterocycles. The Morgan fingerprint density at radius 1 is 1.39 bits per heavy atom. The fourth-order valence-electron chi connectivity index (χ4n) is 2.72. The first-order valence-electron chi connectivity index (χ1n) is 7.88. The molecule has 0 spiro atoms. The molecule has 3 rings (SSSR count). The molecule has 2 heterocycles. The van der Waals surface area contributed by atoms with Crippen LogP contribution in [0.5, 0.6) is 0 Å². The number of benzene rings is 1. The maximum absolute atomic E-state index is 4.85. The van der Waals surface area contributed by atoms with Crippen molar-refractivity contribution in [1.29, 1.82) is 0 Å². The van der Waals surface area contributed by atoms with Gasteiger partial charge in [0.25, 0.3) is 0 Å². The maximum atomic E-state index is 4.85. The molecule has 122 valence electrons. The second-order valence-corrected chi connectivity index (χ2v) is 6.71. The Balaban J connectivity index is 1.46. The van der Waals surface area contributed by atoms with Gasteiger partial charge in [0.05, 0.1) is 6.54 Å². The van der Waals surface area contributed by atoms with Gasteiger partial charge in [0.2, 0.25) is 0 Å². The minimum absolute atomic E-state index is 0.642. The number of nitrogens with one attached hydrogen (secondary N) is 1. The molecule has 0 aliphatic carbocycles. The molecule has 1 fully saturated rings. The number of nitrogens with zero attached hydrogens (tertiary/aromatic N) is 3. The highest BCUT2D eigenvalue weighted by Gasteiger charge is 2.24. The standard InChI is InChI=1S/C17H22N4OS/c1-18-17(19-11-15-8-10-22-20-15)21-9-7-14(12-21)13-23-16-5-3-2-4-6-16/h2-6,8,10,14H,7,9,11-13H2,1H3,(H,18,19). The van der Waals surface area contributed by atoms with Gasteiger partial charge < -0.3 is 14.7 Å². The molecule has 1 aliphatic rings. The highest BCUT2D eigenvalue weighted by Crippen LogP contribution is 2.25. The van der Waals surface area contributed by atoms with Crippen LogP contribution in [0.1, 0.15) is 12.1 Å². The lowest BCUT2D eigenvalue weighted by Crippen LogP contribution is -2.39. The van der Waals surface area contributed by atoms with E-state index in [9.17, 15) is 0 Å². The van der Waals surface area contributed by atoms with Crippen LogP contribution in [0, 0.1) is 5.92 Å². The molecule has 5 nitrogen and oxygen atoms in total. The predicted octanol–water partition coefficient (Wildman–Crippen LogP) is 2.86. The molecule has 2 aromatic rings. The van der Waals surface area contributed by atoms with Crippen molar-refractivity contribution in [3.8, 4) is 0 Å². The third-order valence-corrected chi connectivity index (χ3v) is 5.19. The largest absolute Gasteiger partial charge is 0.364 e. The summed E-state index contributed by atoms with van der Waals surface area (Å²) in [6.07, 6.45) is 2.80. The summed E-state index contributed by atoms with van der Waals surface area (Å²) < 4.78 is 4.85. The number of likely N-dealkylation sites (tertiary alicyclic amines) is 1. The van der Waals surface area contributed by atoms with Crippen LogP contribution in [0.4, 0.5) is 0 Å². The highest BCUT2D eigenvalue weighted by atomic mass is 32.2. The average Bonchev–Trinajstić information content (AvgIpc) is 3.26. The normalized spacial score (nSPS) is 18.4. The summed E-state index contributed by atoms with van der Waals surface area (Å²) in [5, 5.41) is 7.27. The lowest BCUT2D eigenvalue weighted by molar-refractivity contribution is 0.409. The maximum Gasteiger partial charge on any atom is 0.193 e. The van der Waals surface area contributed by atoms with Crippen LogP contribution in [-0.2, 0) is 6.54 Å². The quantitative estimate of drug-likeness (QED) is 0.519. The zero-order valence-corrected chi connectivity index (χ0v) is 14.1. The average molecular weight is 330 g/mol. The third-order valence-electron chi connectivity index (χ3n) is 3.94. The summed E-state index contributed by atoms with van der Waals surface area (Å²) in [5.41, 5.74) is 0.890. The van der Waals surface area contributed by atoms with Gasteiger partial charge in [-0.3, -0.25) is 4.99 Å². The summed E-state index contributed by atoms with van der Waals surface area (Å²) in [6.45, 7) is 2.75. The van der Waals surface area contributed by atoms with Crippen molar-refractivity contribution >= 4 is 17.7 Å². The molecule has 0 saturated carbocycles. The number of hydrogen-bond donors (Lipinski definition) is 1. The first-order chi connectivity index (χ1) is 11.3. The van der Waals surface area contributed by atoms with Gasteiger partial charge in [-0.25, -0.2) is 0 Å². The van der Waals surface area contributed by atoms with Crippen LogP contribution < -0.4 is 5.32 Å². The van der Waals surface area contributed by atoms with Gasteiger partial charge in [-0.1, -0.05) is 23.4 Å². The summed E-state index contributed by atoms with van der Waals surface area (Å²) in [6, 6.07) is 12.5. The second-order valence-electron chi connectivity index (χ2n) is 5.62. The van der Waals surface area contributed by atoms with E-state index in [-0.39, 0.29) is 0 Å². The van der Waals surface area contributed by atoms with E-state index in [1.165, 1.54) is 11.3 Å². The van der Waals surface area contributed by atoms with Gasteiger partial charge in [0, 0.05) is 36.9 Å². The number of thioether (sulfide) groups is 1. The Labute approximate surface area is 141 Å². The van der Waals surface area contributed by atoms with Crippen LogP contribution in [0.2, 0.25) is 0 Å². The van der Waals surface area contributed by atoms with E-state index in [1.54, 1.807) is 6.26 Å². The van der Waals surface area contributed by atoms with Crippen molar-refractivity contribution in [1.82, 2.24) is 15.4 Å². The SMILES string of the molecule is CN=C(NCc1ccon1)N1CCC(CSc2ccccc2)C1. The van der Waals surface area contributed by atoms with E-state index in [0.29, 0.717) is 12.5 Å². The van der Waals surface area contributed by atoms with Crippen LogP contribution in [0.3, 0.4) is 0 Å². The van der Waals surface area contributed by atoms with Crippen molar-refractivity contribution in [2.24, 2.45) is 10.9 Å². The van der Waals surface area contributed by atoms with E-state index in [4.69, 9.17) is 4.52 Å². The molecular formula is C17H22N4OS. The van der Waals surface area contributed by atoms with Gasteiger partial charge in [-0.2, -0.15) is 0 Å². The molecule has 1 aliphatic heterocycles. The Morgan fingerprint density at radius 2 is 2.26 bits per heavy atom. The van der Waals surface area contributed by atoms with Crippen molar-refractivity contribution in [3.63, 3.8) is 0 Å². The van der Waals surface area contributed by atoms with Gasteiger partial charge in [-0.05, 0) is 24.5 Å². The zero-order valence-electron chi connectivity index (χ0n) is 13.3. The monoisotopic (exact) mass is 330 g/mol. The predicted molar refractivity (Wildman–Crippen MR) is 93.5 cm³/mol. The third kappa shape index (κ3) is 4.51. The zero-order chi connectivity index (χ0) is 15.9. The van der Waals surface area contributed by atoms with Crippen LogP contribution in [-0.4, -0.2) is 41.9 Å². The Hall–Kier alpha value is -1.95. The molecule has 1 atom stereocenters. The van der Waals surface area contributed by atoms with Crippen LogP contribution in [0.25, 0.3) is 0 Å². The van der Waals surface area contributed by atoms with Crippen molar-refractivity contribution in [2.75, 3.05) is 25.9 Å². The fraction of sp³-hybridized carbons (Fsp3) is 0.412. The highest BCUT2D eigenvalue weighted by molar-refractivity contribution is 7.99. The van der Waals surface area contributed by atoms with Crippen molar-refractivity contribution in [3.05, 3.63) is 48.4 Å². The van der Waals surface area contributed by atoms with Gasteiger partial charge in [0.1, 0.15) is 12.0 Å². The first kappa shape index (κ1) is 15.9. The summed E-state index contributed by atoms with van der Waals surface area (Å²) in [7, 11) is 1.83. The van der Waals surface area contributed by atoms with Gasteiger partial charge >= 0.3 is 0 Å². The lowest BCUT2D eigenvalue weighted by atomic mass is 10.2. The topological polar surface area (TPSA) is 53.7 Å². The summed E-state index contributed by atoms with van der Waals surface area (Å²) >= 11 is 1.94.